The molecule has 130 valence electrons. The Balaban J connectivity index is 1.77. The van der Waals surface area contributed by atoms with E-state index in [0.717, 1.165) is 31.7 Å². The fourth-order valence-electron chi connectivity index (χ4n) is 3.50. The van der Waals surface area contributed by atoms with Gasteiger partial charge in [0, 0.05) is 43.9 Å². The van der Waals surface area contributed by atoms with E-state index < -0.39 is 0 Å². The minimum absolute atomic E-state index is 0.219. The molecule has 24 heavy (non-hydrogen) atoms. The van der Waals surface area contributed by atoms with Crippen LogP contribution in [0, 0.1) is 0 Å². The van der Waals surface area contributed by atoms with Gasteiger partial charge in [-0.2, -0.15) is 11.4 Å². The maximum atomic E-state index is 11.3. The van der Waals surface area contributed by atoms with E-state index in [0.29, 0.717) is 11.8 Å². The molecule has 3 N–H and O–H groups in total. The molecule has 1 fully saturated rings. The lowest BCUT2D eigenvalue weighted by Crippen LogP contribution is -2.55. The molecule has 0 radical (unpaired) electrons. The van der Waals surface area contributed by atoms with Crippen LogP contribution in [0.2, 0.25) is 0 Å². The van der Waals surface area contributed by atoms with Crippen LogP contribution in [-0.4, -0.2) is 52.3 Å². The van der Waals surface area contributed by atoms with Crippen LogP contribution in [0.1, 0.15) is 19.8 Å². The molecule has 6 heteroatoms. The number of benzene rings is 1. The number of phenols is 1. The lowest BCUT2D eigenvalue weighted by Gasteiger charge is -2.45. The maximum absolute atomic E-state index is 11.3. The van der Waals surface area contributed by atoms with Crippen molar-refractivity contribution in [2.45, 2.75) is 31.2 Å². The molecule has 1 amide bonds. The Kier molecular flexibility index (Phi) is 5.26. The van der Waals surface area contributed by atoms with Gasteiger partial charge in [0.2, 0.25) is 5.91 Å². The Hall–Kier alpha value is -1.79. The number of primary amides is 1. The summed E-state index contributed by atoms with van der Waals surface area (Å²) in [5.74, 6) is 0.0117. The zero-order valence-corrected chi connectivity index (χ0v) is 14.8. The zero-order valence-electron chi connectivity index (χ0n) is 13.9. The van der Waals surface area contributed by atoms with Crippen LogP contribution in [0.3, 0.4) is 0 Å². The number of nitrogens with zero attached hydrogens (tertiary/aromatic N) is 2. The SMILES string of the molecule is CC1=CC=[SH]C1N1CCN(c2cccc(O)c2)C(CCC(N)=O)C1. The molecule has 2 atom stereocenters. The summed E-state index contributed by atoms with van der Waals surface area (Å²) in [6.45, 7) is 4.94. The fraction of sp³-hybridized carbons (Fsp3) is 0.444. The van der Waals surface area contributed by atoms with Gasteiger partial charge in [0.25, 0.3) is 0 Å². The molecule has 3 rings (SSSR count). The Morgan fingerprint density at radius 1 is 1.42 bits per heavy atom. The summed E-state index contributed by atoms with van der Waals surface area (Å²) >= 11 is 1.33. The number of aromatic hydroxyl groups is 1. The second kappa shape index (κ2) is 7.40. The van der Waals surface area contributed by atoms with Crippen molar-refractivity contribution in [3.05, 3.63) is 35.9 Å². The summed E-state index contributed by atoms with van der Waals surface area (Å²) in [7, 11) is 0. The number of rotatable bonds is 5. The normalized spacial score (nSPS) is 24.5. The monoisotopic (exact) mass is 347 g/mol. The molecular formula is C18H25N3O2S. The van der Waals surface area contributed by atoms with Crippen LogP contribution >= 0.6 is 11.4 Å². The molecule has 0 aliphatic carbocycles. The van der Waals surface area contributed by atoms with Gasteiger partial charge in [-0.1, -0.05) is 12.1 Å². The van der Waals surface area contributed by atoms with Gasteiger partial charge in [0.1, 0.15) is 5.75 Å². The Bertz CT molecular complexity index is 674. The summed E-state index contributed by atoms with van der Waals surface area (Å²) in [6.07, 6.45) is 3.32. The Labute approximate surface area is 146 Å². The molecule has 2 aliphatic rings. The standard InChI is InChI=1S/C18H25N3O2S/c1-13-7-10-24-18(13)20-8-9-21(14-3-2-4-16(22)11-14)15(12-20)5-6-17(19)23/h2-4,7,10-11,15,18,22,24H,5-6,8-9,12H2,1H3,(H2,19,23). The molecule has 1 aromatic carbocycles. The molecule has 1 aromatic rings. The highest BCUT2D eigenvalue weighted by Crippen LogP contribution is 2.30. The molecule has 0 bridgehead atoms. The molecule has 2 heterocycles. The van der Waals surface area contributed by atoms with Crippen molar-refractivity contribution in [2.75, 3.05) is 24.5 Å². The quantitative estimate of drug-likeness (QED) is 0.560. The van der Waals surface area contributed by atoms with Crippen molar-refractivity contribution in [1.82, 2.24) is 4.90 Å². The van der Waals surface area contributed by atoms with Gasteiger partial charge in [-0.25, -0.2) is 0 Å². The fourth-order valence-corrected chi connectivity index (χ4v) is 4.70. The van der Waals surface area contributed by atoms with Crippen molar-refractivity contribution in [3.8, 4) is 5.75 Å². The summed E-state index contributed by atoms with van der Waals surface area (Å²) in [5.41, 5.74) is 7.78. The van der Waals surface area contributed by atoms with Crippen molar-refractivity contribution < 1.29 is 9.90 Å². The summed E-state index contributed by atoms with van der Waals surface area (Å²) in [4.78, 5) is 16.1. The average molecular weight is 347 g/mol. The number of thiol groups is 1. The van der Waals surface area contributed by atoms with Crippen LogP contribution in [0.15, 0.2) is 35.9 Å². The second-order valence-electron chi connectivity index (χ2n) is 6.45. The minimum Gasteiger partial charge on any atom is -0.508 e. The van der Waals surface area contributed by atoms with E-state index >= 15 is 0 Å². The first-order chi connectivity index (χ1) is 11.5. The number of nitrogens with two attached hydrogens (primary N) is 1. The van der Waals surface area contributed by atoms with Crippen LogP contribution in [-0.2, 0) is 4.79 Å². The van der Waals surface area contributed by atoms with Crippen molar-refractivity contribution in [3.63, 3.8) is 0 Å². The van der Waals surface area contributed by atoms with Gasteiger partial charge in [-0.3, -0.25) is 9.69 Å². The van der Waals surface area contributed by atoms with Crippen molar-refractivity contribution in [2.24, 2.45) is 5.73 Å². The molecule has 0 saturated carbocycles. The predicted molar refractivity (Wildman–Crippen MR) is 102 cm³/mol. The third-order valence-corrected chi connectivity index (χ3v) is 6.05. The van der Waals surface area contributed by atoms with E-state index in [4.69, 9.17) is 5.73 Å². The number of amides is 1. The summed E-state index contributed by atoms with van der Waals surface area (Å²) < 4.78 is 0. The molecule has 2 unspecified atom stereocenters. The molecule has 0 spiro atoms. The van der Waals surface area contributed by atoms with E-state index in [9.17, 15) is 9.90 Å². The van der Waals surface area contributed by atoms with Gasteiger partial charge in [0.15, 0.2) is 0 Å². The average Bonchev–Trinajstić information content (AvgIpc) is 2.98. The van der Waals surface area contributed by atoms with Gasteiger partial charge >= 0.3 is 0 Å². The number of allylic oxidation sites excluding steroid dienone is 1. The largest absolute Gasteiger partial charge is 0.508 e. The Morgan fingerprint density at radius 2 is 2.25 bits per heavy atom. The third kappa shape index (κ3) is 3.82. The highest BCUT2D eigenvalue weighted by Gasteiger charge is 2.31. The van der Waals surface area contributed by atoms with Crippen LogP contribution < -0.4 is 10.6 Å². The molecule has 5 nitrogen and oxygen atoms in total. The highest BCUT2D eigenvalue weighted by molar-refractivity contribution is 7.98. The molecule has 2 aliphatic heterocycles. The van der Waals surface area contributed by atoms with Crippen LogP contribution in [0.4, 0.5) is 5.69 Å². The van der Waals surface area contributed by atoms with Gasteiger partial charge in [-0.15, -0.1) is 0 Å². The molecule has 1 saturated heterocycles. The Morgan fingerprint density at radius 3 is 2.92 bits per heavy atom. The third-order valence-electron chi connectivity index (χ3n) is 4.72. The molecule has 0 aromatic heterocycles. The van der Waals surface area contributed by atoms with E-state index in [-0.39, 0.29) is 17.7 Å². The smallest absolute Gasteiger partial charge is 0.217 e. The number of hydrogen-bond donors (Lipinski definition) is 3. The van der Waals surface area contributed by atoms with Gasteiger partial charge in [-0.05, 0) is 36.4 Å². The summed E-state index contributed by atoms with van der Waals surface area (Å²) in [5, 5.41) is 12.4. The first-order valence-electron chi connectivity index (χ1n) is 8.32. The predicted octanol–water partition coefficient (Wildman–Crippen LogP) is 1.70. The first-order valence-corrected chi connectivity index (χ1v) is 9.36. The van der Waals surface area contributed by atoms with E-state index in [1.54, 1.807) is 12.1 Å². The number of carbonyl (C=O) groups excluding carboxylic acids is 1. The number of anilines is 1. The van der Waals surface area contributed by atoms with E-state index in [2.05, 4.69) is 28.2 Å². The lowest BCUT2D eigenvalue weighted by atomic mass is 10.0. The van der Waals surface area contributed by atoms with E-state index in [1.807, 2.05) is 12.1 Å². The zero-order chi connectivity index (χ0) is 17.1. The number of piperazine rings is 1. The van der Waals surface area contributed by atoms with Crippen LogP contribution in [0.25, 0.3) is 0 Å². The number of carbonyl (C=O) groups is 1. The first kappa shape index (κ1) is 17.0. The summed E-state index contributed by atoms with van der Waals surface area (Å²) in [6, 6.07) is 7.56. The van der Waals surface area contributed by atoms with Crippen molar-refractivity contribution in [1.29, 1.82) is 0 Å². The van der Waals surface area contributed by atoms with Crippen LogP contribution in [0.5, 0.6) is 5.75 Å². The second-order valence-corrected chi connectivity index (χ2v) is 7.53. The number of hydrogen-bond acceptors (Lipinski definition) is 4. The van der Waals surface area contributed by atoms with E-state index in [1.165, 1.54) is 16.9 Å². The number of phenolic OH excluding ortho intramolecular Hbond substituents is 1. The van der Waals surface area contributed by atoms with Crippen molar-refractivity contribution >= 4 is 28.3 Å². The highest BCUT2D eigenvalue weighted by atomic mass is 32.1. The minimum atomic E-state index is -0.258. The topological polar surface area (TPSA) is 69.8 Å². The lowest BCUT2D eigenvalue weighted by molar-refractivity contribution is -0.118. The van der Waals surface area contributed by atoms with Gasteiger partial charge in [0.05, 0.1) is 5.37 Å². The molecular weight excluding hydrogens is 322 g/mol. The maximum Gasteiger partial charge on any atom is 0.217 e. The van der Waals surface area contributed by atoms with Gasteiger partial charge < -0.3 is 15.7 Å².